The maximum Gasteiger partial charge on any atom is 0.0299 e. The molecule has 0 saturated carbocycles. The molecule has 0 N–H and O–H groups in total. The molecule has 2 rings (SSSR count). The van der Waals surface area contributed by atoms with Crippen LogP contribution in [0.5, 0.6) is 0 Å². The van der Waals surface area contributed by atoms with Crippen LogP contribution in [0.15, 0.2) is 48.8 Å². The van der Waals surface area contributed by atoms with Crippen molar-refractivity contribution in [2.45, 2.75) is 46.1 Å². The van der Waals surface area contributed by atoms with Gasteiger partial charge in [-0.05, 0) is 68.0 Å². The van der Waals surface area contributed by atoms with Crippen LogP contribution in [-0.2, 0) is 19.4 Å². The standard InChI is InChI=1S/C21H30N2/c1-18(2)7-6-14-23(3)17-21-9-4-8-19(15-21)11-12-20-10-5-13-22-16-20/h4-5,8-10,13,15-16,18H,6-7,11-12,14,17H2,1-3H3. The molecule has 0 aliphatic carbocycles. The van der Waals surface area contributed by atoms with Gasteiger partial charge in [-0.25, -0.2) is 0 Å². The molecule has 1 aromatic heterocycles. The van der Waals surface area contributed by atoms with Crippen LogP contribution in [0.25, 0.3) is 0 Å². The van der Waals surface area contributed by atoms with Gasteiger partial charge in [-0.3, -0.25) is 4.98 Å². The Morgan fingerprint density at radius 1 is 1.00 bits per heavy atom. The molecule has 0 fully saturated rings. The van der Waals surface area contributed by atoms with Crippen molar-refractivity contribution in [3.8, 4) is 0 Å². The zero-order chi connectivity index (χ0) is 16.5. The first-order chi connectivity index (χ1) is 11.1. The molecule has 0 unspecified atom stereocenters. The highest BCUT2D eigenvalue weighted by Crippen LogP contribution is 2.12. The molecule has 2 heteroatoms. The third-order valence-corrected chi connectivity index (χ3v) is 4.19. The highest BCUT2D eigenvalue weighted by molar-refractivity contribution is 5.24. The Morgan fingerprint density at radius 3 is 2.48 bits per heavy atom. The number of pyridine rings is 1. The molecule has 0 atom stereocenters. The Kier molecular flexibility index (Phi) is 7.28. The summed E-state index contributed by atoms with van der Waals surface area (Å²) in [6.07, 6.45) is 8.54. The van der Waals surface area contributed by atoms with Crippen LogP contribution >= 0.6 is 0 Å². The minimum absolute atomic E-state index is 0.805. The van der Waals surface area contributed by atoms with Crippen LogP contribution in [0.4, 0.5) is 0 Å². The molecule has 124 valence electrons. The smallest absolute Gasteiger partial charge is 0.0299 e. The first-order valence-electron chi connectivity index (χ1n) is 8.79. The molecule has 2 nitrogen and oxygen atoms in total. The Labute approximate surface area is 141 Å². The van der Waals surface area contributed by atoms with Crippen molar-refractivity contribution in [2.24, 2.45) is 5.92 Å². The summed E-state index contributed by atoms with van der Waals surface area (Å²) in [4.78, 5) is 6.62. The Hall–Kier alpha value is -1.67. The van der Waals surface area contributed by atoms with E-state index in [0.717, 1.165) is 25.3 Å². The van der Waals surface area contributed by atoms with Crippen LogP contribution in [0.2, 0.25) is 0 Å². The van der Waals surface area contributed by atoms with Gasteiger partial charge in [-0.15, -0.1) is 0 Å². The van der Waals surface area contributed by atoms with Crippen LogP contribution in [-0.4, -0.2) is 23.5 Å². The van der Waals surface area contributed by atoms with Crippen LogP contribution in [0.1, 0.15) is 43.4 Å². The largest absolute Gasteiger partial charge is 0.302 e. The van der Waals surface area contributed by atoms with E-state index in [2.05, 4.69) is 61.1 Å². The molecular formula is C21H30N2. The molecule has 0 aliphatic heterocycles. The number of aryl methyl sites for hydroxylation is 2. The summed E-state index contributed by atoms with van der Waals surface area (Å²) >= 11 is 0. The predicted molar refractivity (Wildman–Crippen MR) is 98.5 cm³/mol. The first-order valence-corrected chi connectivity index (χ1v) is 8.79. The highest BCUT2D eigenvalue weighted by atomic mass is 15.1. The number of rotatable bonds is 9. The van der Waals surface area contributed by atoms with E-state index in [1.165, 1.54) is 36.1 Å². The van der Waals surface area contributed by atoms with Gasteiger partial charge in [-0.1, -0.05) is 44.2 Å². The van der Waals surface area contributed by atoms with Crippen molar-refractivity contribution in [3.05, 3.63) is 65.5 Å². The zero-order valence-electron chi connectivity index (χ0n) is 14.8. The number of hydrogen-bond donors (Lipinski definition) is 0. The van der Waals surface area contributed by atoms with Gasteiger partial charge >= 0.3 is 0 Å². The fraction of sp³-hybridized carbons (Fsp3) is 0.476. The maximum atomic E-state index is 4.19. The van der Waals surface area contributed by atoms with Gasteiger partial charge in [-0.2, -0.15) is 0 Å². The van der Waals surface area contributed by atoms with Crippen molar-refractivity contribution in [1.82, 2.24) is 9.88 Å². The van der Waals surface area contributed by atoms with Gasteiger partial charge < -0.3 is 4.90 Å². The lowest BCUT2D eigenvalue weighted by Gasteiger charge is -2.17. The number of hydrogen-bond acceptors (Lipinski definition) is 2. The van der Waals surface area contributed by atoms with Crippen molar-refractivity contribution in [3.63, 3.8) is 0 Å². The second kappa shape index (κ2) is 9.46. The van der Waals surface area contributed by atoms with Crippen molar-refractivity contribution >= 4 is 0 Å². The van der Waals surface area contributed by atoms with Gasteiger partial charge in [0, 0.05) is 18.9 Å². The fourth-order valence-electron chi connectivity index (χ4n) is 2.88. The normalized spacial score (nSPS) is 11.3. The summed E-state index contributed by atoms with van der Waals surface area (Å²) in [5.74, 6) is 0.805. The average molecular weight is 310 g/mol. The minimum Gasteiger partial charge on any atom is -0.302 e. The lowest BCUT2D eigenvalue weighted by Crippen LogP contribution is -2.19. The molecule has 1 heterocycles. The van der Waals surface area contributed by atoms with E-state index in [1.807, 2.05) is 18.5 Å². The highest BCUT2D eigenvalue weighted by Gasteiger charge is 2.03. The topological polar surface area (TPSA) is 16.1 Å². The summed E-state index contributed by atoms with van der Waals surface area (Å²) in [5, 5.41) is 0. The van der Waals surface area contributed by atoms with Crippen LogP contribution < -0.4 is 0 Å². The van der Waals surface area contributed by atoms with Gasteiger partial charge in [0.05, 0.1) is 0 Å². The van der Waals surface area contributed by atoms with E-state index in [9.17, 15) is 0 Å². The zero-order valence-corrected chi connectivity index (χ0v) is 14.8. The Morgan fingerprint density at radius 2 is 1.74 bits per heavy atom. The maximum absolute atomic E-state index is 4.19. The van der Waals surface area contributed by atoms with Crippen molar-refractivity contribution in [1.29, 1.82) is 0 Å². The third-order valence-electron chi connectivity index (χ3n) is 4.19. The average Bonchev–Trinajstić information content (AvgIpc) is 2.54. The van der Waals surface area contributed by atoms with E-state index in [0.29, 0.717) is 0 Å². The quantitative estimate of drug-likeness (QED) is 0.665. The Balaban J connectivity index is 1.82. The number of aromatic nitrogens is 1. The van der Waals surface area contributed by atoms with Gasteiger partial charge in [0.25, 0.3) is 0 Å². The van der Waals surface area contributed by atoms with E-state index < -0.39 is 0 Å². The SMILES string of the molecule is CC(C)CCCN(C)Cc1cccc(CCc2cccnc2)c1. The van der Waals surface area contributed by atoms with Gasteiger partial charge in [0.15, 0.2) is 0 Å². The van der Waals surface area contributed by atoms with Gasteiger partial charge in [0.2, 0.25) is 0 Å². The van der Waals surface area contributed by atoms with Crippen LogP contribution in [0, 0.1) is 5.92 Å². The van der Waals surface area contributed by atoms with E-state index >= 15 is 0 Å². The minimum atomic E-state index is 0.805. The van der Waals surface area contributed by atoms with Crippen molar-refractivity contribution < 1.29 is 0 Å². The summed E-state index contributed by atoms with van der Waals surface area (Å²) in [6, 6.07) is 13.2. The fourth-order valence-corrected chi connectivity index (χ4v) is 2.88. The monoisotopic (exact) mass is 310 g/mol. The summed E-state index contributed by atoms with van der Waals surface area (Å²) in [5.41, 5.74) is 4.14. The number of nitrogens with zero attached hydrogens (tertiary/aromatic N) is 2. The lowest BCUT2D eigenvalue weighted by molar-refractivity contribution is 0.310. The van der Waals surface area contributed by atoms with E-state index in [1.54, 1.807) is 0 Å². The molecular weight excluding hydrogens is 280 g/mol. The molecule has 23 heavy (non-hydrogen) atoms. The molecule has 0 radical (unpaired) electrons. The second-order valence-corrected chi connectivity index (χ2v) is 6.96. The summed E-state index contributed by atoms with van der Waals surface area (Å²) < 4.78 is 0. The molecule has 0 bridgehead atoms. The molecule has 0 saturated heterocycles. The summed E-state index contributed by atoms with van der Waals surface area (Å²) in [6.45, 7) is 6.81. The molecule has 0 amide bonds. The van der Waals surface area contributed by atoms with Crippen molar-refractivity contribution in [2.75, 3.05) is 13.6 Å². The van der Waals surface area contributed by atoms with Crippen LogP contribution in [0.3, 0.4) is 0 Å². The molecule has 0 aliphatic rings. The predicted octanol–water partition coefficient (Wildman–Crippen LogP) is 4.73. The Bertz CT molecular complexity index is 563. The lowest BCUT2D eigenvalue weighted by atomic mass is 10.0. The molecule has 0 spiro atoms. The second-order valence-electron chi connectivity index (χ2n) is 6.96. The molecule has 1 aromatic carbocycles. The van der Waals surface area contributed by atoms with E-state index in [-0.39, 0.29) is 0 Å². The third kappa shape index (κ3) is 6.96. The molecule has 2 aromatic rings. The summed E-state index contributed by atoms with van der Waals surface area (Å²) in [7, 11) is 2.22. The first kappa shape index (κ1) is 17.7. The van der Waals surface area contributed by atoms with Gasteiger partial charge in [0.1, 0.15) is 0 Å². The van der Waals surface area contributed by atoms with E-state index in [4.69, 9.17) is 0 Å². The number of benzene rings is 1.